The number of halogens is 3. The van der Waals surface area contributed by atoms with Crippen LogP contribution >= 0.6 is 39.1 Å². The molecule has 4 N–H and O–H groups in total. The van der Waals surface area contributed by atoms with Gasteiger partial charge in [0.05, 0.1) is 15.7 Å². The van der Waals surface area contributed by atoms with Crippen LogP contribution in [-0.4, -0.2) is 17.6 Å². The van der Waals surface area contributed by atoms with E-state index >= 15 is 0 Å². The van der Waals surface area contributed by atoms with E-state index in [1.807, 2.05) is 0 Å². The zero-order valence-corrected chi connectivity index (χ0v) is 12.0. The lowest BCUT2D eigenvalue weighted by molar-refractivity contribution is 0.316. The predicted octanol–water partition coefficient (Wildman–Crippen LogP) is 3.69. The molecule has 4 nitrogen and oxygen atoms in total. The number of amidine groups is 1. The van der Waals surface area contributed by atoms with Crippen molar-refractivity contribution >= 4 is 50.7 Å². The third kappa shape index (κ3) is 4.61. The summed E-state index contributed by atoms with van der Waals surface area (Å²) in [6, 6.07) is 3.53. The summed E-state index contributed by atoms with van der Waals surface area (Å²) < 4.78 is 0.828. The van der Waals surface area contributed by atoms with Gasteiger partial charge in [0.1, 0.15) is 5.84 Å². The number of hydrogen-bond acceptors (Lipinski definition) is 3. The van der Waals surface area contributed by atoms with Crippen molar-refractivity contribution < 1.29 is 5.21 Å². The van der Waals surface area contributed by atoms with Gasteiger partial charge in [0.15, 0.2) is 0 Å². The number of nitrogens with zero attached hydrogens (tertiary/aromatic N) is 1. The lowest BCUT2D eigenvalue weighted by Gasteiger charge is -2.10. The van der Waals surface area contributed by atoms with Gasteiger partial charge in [-0.15, -0.1) is 0 Å². The molecule has 0 aliphatic rings. The predicted molar refractivity (Wildman–Crippen MR) is 75.3 cm³/mol. The summed E-state index contributed by atoms with van der Waals surface area (Å²) in [5.41, 5.74) is 6.04. The van der Waals surface area contributed by atoms with Gasteiger partial charge in [0.2, 0.25) is 0 Å². The molecule has 0 radical (unpaired) electrons. The fourth-order valence-corrected chi connectivity index (χ4v) is 2.59. The van der Waals surface area contributed by atoms with E-state index in [0.29, 0.717) is 28.7 Å². The molecule has 0 amide bonds. The summed E-state index contributed by atoms with van der Waals surface area (Å²) in [4.78, 5) is 0. The first kappa shape index (κ1) is 14.4. The van der Waals surface area contributed by atoms with E-state index in [2.05, 4.69) is 26.4 Å². The average Bonchev–Trinajstić information content (AvgIpc) is 2.26. The summed E-state index contributed by atoms with van der Waals surface area (Å²) in [7, 11) is 0. The minimum atomic E-state index is 0.208. The first-order valence-electron chi connectivity index (χ1n) is 4.89. The van der Waals surface area contributed by atoms with Crippen molar-refractivity contribution in [3.05, 3.63) is 26.7 Å². The maximum atomic E-state index is 8.37. The number of nitrogens with two attached hydrogens (primary N) is 1. The third-order valence-electron chi connectivity index (χ3n) is 2.05. The van der Waals surface area contributed by atoms with E-state index < -0.39 is 0 Å². The van der Waals surface area contributed by atoms with Crippen LogP contribution in [-0.2, 0) is 0 Å². The van der Waals surface area contributed by atoms with Crippen LogP contribution in [0.3, 0.4) is 0 Å². The van der Waals surface area contributed by atoms with Gasteiger partial charge < -0.3 is 16.3 Å². The van der Waals surface area contributed by atoms with Crippen molar-refractivity contribution in [2.75, 3.05) is 11.9 Å². The number of rotatable bonds is 5. The normalized spacial score (nSPS) is 11.6. The quantitative estimate of drug-likeness (QED) is 0.251. The SMILES string of the molecule is NC(CCCNc1c(Cl)cc(Br)cc1Cl)=NO. The topological polar surface area (TPSA) is 70.6 Å². The summed E-state index contributed by atoms with van der Waals surface area (Å²) >= 11 is 15.4. The van der Waals surface area contributed by atoms with Crippen molar-refractivity contribution in [2.45, 2.75) is 12.8 Å². The Hall–Kier alpha value is -0.650. The Bertz CT molecular complexity index is 403. The summed E-state index contributed by atoms with van der Waals surface area (Å²) in [6.45, 7) is 0.636. The van der Waals surface area contributed by atoms with E-state index in [0.717, 1.165) is 10.9 Å². The van der Waals surface area contributed by atoms with Crippen LogP contribution in [0.2, 0.25) is 10.0 Å². The van der Waals surface area contributed by atoms with Gasteiger partial charge in [-0.2, -0.15) is 0 Å². The molecule has 0 heterocycles. The van der Waals surface area contributed by atoms with Gasteiger partial charge in [-0.25, -0.2) is 0 Å². The molecular formula is C10H12BrCl2N3O. The van der Waals surface area contributed by atoms with Crippen LogP contribution in [0.4, 0.5) is 5.69 Å². The molecule has 0 saturated carbocycles. The molecule has 7 heteroatoms. The van der Waals surface area contributed by atoms with Crippen LogP contribution in [0.1, 0.15) is 12.8 Å². The van der Waals surface area contributed by atoms with Gasteiger partial charge in [-0.3, -0.25) is 0 Å². The fourth-order valence-electron chi connectivity index (χ4n) is 1.24. The standard InChI is InChI=1S/C10H12BrCl2N3O/c11-6-4-7(12)10(8(13)5-6)15-3-1-2-9(14)16-17/h4-5,15,17H,1-3H2,(H2,14,16). The van der Waals surface area contributed by atoms with Crippen molar-refractivity contribution in [3.8, 4) is 0 Å². The number of oxime groups is 1. The number of anilines is 1. The molecule has 0 unspecified atom stereocenters. The number of nitrogens with one attached hydrogen (secondary N) is 1. The highest BCUT2D eigenvalue weighted by Crippen LogP contribution is 2.33. The van der Waals surface area contributed by atoms with Gasteiger partial charge in [0, 0.05) is 17.4 Å². The van der Waals surface area contributed by atoms with E-state index in [1.165, 1.54) is 0 Å². The summed E-state index contributed by atoms with van der Waals surface area (Å²) in [5, 5.41) is 15.5. The molecule has 1 aromatic carbocycles. The number of hydrogen-bond donors (Lipinski definition) is 3. The summed E-state index contributed by atoms with van der Waals surface area (Å²) in [6.07, 6.45) is 1.23. The molecule has 0 aliphatic heterocycles. The van der Waals surface area contributed by atoms with E-state index in [1.54, 1.807) is 12.1 Å². The van der Waals surface area contributed by atoms with Crippen LogP contribution < -0.4 is 11.1 Å². The minimum Gasteiger partial charge on any atom is -0.409 e. The third-order valence-corrected chi connectivity index (χ3v) is 3.10. The fraction of sp³-hybridized carbons (Fsp3) is 0.300. The Kier molecular flexibility index (Phi) is 5.88. The number of benzene rings is 1. The molecule has 0 saturated heterocycles. The van der Waals surface area contributed by atoms with Crippen molar-refractivity contribution in [2.24, 2.45) is 10.9 Å². The largest absolute Gasteiger partial charge is 0.409 e. The van der Waals surface area contributed by atoms with E-state index in [-0.39, 0.29) is 5.84 Å². The highest BCUT2D eigenvalue weighted by molar-refractivity contribution is 9.10. The molecule has 17 heavy (non-hydrogen) atoms. The van der Waals surface area contributed by atoms with Crippen LogP contribution in [0.25, 0.3) is 0 Å². The highest BCUT2D eigenvalue weighted by Gasteiger charge is 2.06. The molecule has 0 aromatic heterocycles. The maximum Gasteiger partial charge on any atom is 0.139 e. The van der Waals surface area contributed by atoms with E-state index in [4.69, 9.17) is 34.1 Å². The molecule has 0 aliphatic carbocycles. The second-order valence-electron chi connectivity index (χ2n) is 3.37. The Morgan fingerprint density at radius 2 is 2.00 bits per heavy atom. The molecule has 94 valence electrons. The van der Waals surface area contributed by atoms with Gasteiger partial charge in [-0.1, -0.05) is 44.3 Å². The first-order chi connectivity index (χ1) is 8.04. The van der Waals surface area contributed by atoms with Crippen molar-refractivity contribution in [1.29, 1.82) is 0 Å². The molecular weight excluding hydrogens is 329 g/mol. The molecule has 1 rings (SSSR count). The summed E-state index contributed by atoms with van der Waals surface area (Å²) in [5.74, 6) is 0.208. The highest BCUT2D eigenvalue weighted by atomic mass is 79.9. The smallest absolute Gasteiger partial charge is 0.139 e. The Morgan fingerprint density at radius 3 is 2.53 bits per heavy atom. The molecule has 0 atom stereocenters. The lowest BCUT2D eigenvalue weighted by Crippen LogP contribution is -2.13. The zero-order valence-electron chi connectivity index (χ0n) is 8.88. The van der Waals surface area contributed by atoms with Gasteiger partial charge >= 0.3 is 0 Å². The molecule has 0 bridgehead atoms. The van der Waals surface area contributed by atoms with Crippen molar-refractivity contribution in [1.82, 2.24) is 0 Å². The minimum absolute atomic E-state index is 0.208. The molecule has 1 aromatic rings. The Labute approximate surface area is 118 Å². The van der Waals surface area contributed by atoms with Crippen LogP contribution in [0, 0.1) is 0 Å². The Morgan fingerprint density at radius 1 is 1.41 bits per heavy atom. The second kappa shape index (κ2) is 6.93. The first-order valence-corrected chi connectivity index (χ1v) is 6.44. The monoisotopic (exact) mass is 339 g/mol. The Balaban J connectivity index is 2.52. The van der Waals surface area contributed by atoms with Crippen LogP contribution in [0.5, 0.6) is 0 Å². The van der Waals surface area contributed by atoms with Crippen LogP contribution in [0.15, 0.2) is 21.8 Å². The molecule has 0 fully saturated rings. The van der Waals surface area contributed by atoms with E-state index in [9.17, 15) is 0 Å². The van der Waals surface area contributed by atoms with Gasteiger partial charge in [0.25, 0.3) is 0 Å². The van der Waals surface area contributed by atoms with Gasteiger partial charge in [-0.05, 0) is 18.6 Å². The zero-order chi connectivity index (χ0) is 12.8. The maximum absolute atomic E-state index is 8.37. The average molecular weight is 341 g/mol. The molecule has 0 spiro atoms. The second-order valence-corrected chi connectivity index (χ2v) is 5.10. The van der Waals surface area contributed by atoms with Crippen molar-refractivity contribution in [3.63, 3.8) is 0 Å². The lowest BCUT2D eigenvalue weighted by atomic mass is 10.2.